The van der Waals surface area contributed by atoms with E-state index in [1.807, 2.05) is 29.8 Å². The van der Waals surface area contributed by atoms with E-state index in [2.05, 4.69) is 87.3 Å². The number of carbonyl (C=O) groups excluding carboxylic acids is 4. The first-order valence-electron chi connectivity index (χ1n) is 22.0. The van der Waals surface area contributed by atoms with Crippen LogP contribution in [-0.2, 0) is 23.8 Å². The average Bonchev–Trinajstić information content (AvgIpc) is 4.16. The molecule has 15 heteroatoms. The number of nitrogens with zero attached hydrogens (tertiary/aromatic N) is 4. The number of nitrogens with one attached hydrogen (secondary N) is 4. The van der Waals surface area contributed by atoms with Gasteiger partial charge in [0.05, 0.1) is 49.2 Å². The predicted octanol–water partition coefficient (Wildman–Crippen LogP) is 7.79. The van der Waals surface area contributed by atoms with E-state index in [4.69, 9.17) is 24.2 Å². The van der Waals surface area contributed by atoms with E-state index in [9.17, 15) is 19.2 Å². The van der Waals surface area contributed by atoms with Crippen molar-refractivity contribution in [2.45, 2.75) is 76.5 Å². The SMILES string of the molecule is COC(=O)NC(C(=O)N1CCCC1c1ncc(-c2ccc3cc(-c4ccc5c(ccc6[nH]c(C7CCCN7C(=O)C(NC(=O)OC)C7CCOCC7)nc65)c4)ccc3c2)[nH]1)C(C)C. The molecule has 15 nitrogen and oxygen atoms in total. The summed E-state index contributed by atoms with van der Waals surface area (Å²) in [7, 11) is 2.61. The van der Waals surface area contributed by atoms with Gasteiger partial charge in [-0.25, -0.2) is 19.6 Å². The van der Waals surface area contributed by atoms with Gasteiger partial charge in [-0.3, -0.25) is 9.59 Å². The van der Waals surface area contributed by atoms with Gasteiger partial charge in [0.15, 0.2) is 0 Å². The molecular weight excluding hydrogens is 801 g/mol. The molecular formula is C48H54N8O7. The second-order valence-corrected chi connectivity index (χ2v) is 17.3. The molecule has 2 aromatic heterocycles. The van der Waals surface area contributed by atoms with E-state index in [-0.39, 0.29) is 35.7 Å². The van der Waals surface area contributed by atoms with Crippen molar-refractivity contribution in [3.63, 3.8) is 0 Å². The zero-order valence-corrected chi connectivity index (χ0v) is 36.1. The van der Waals surface area contributed by atoms with Crippen molar-refractivity contribution in [3.05, 3.63) is 84.6 Å². The summed E-state index contributed by atoms with van der Waals surface area (Å²) in [5.41, 5.74) is 5.81. The number of amides is 4. The summed E-state index contributed by atoms with van der Waals surface area (Å²) in [5, 5.41) is 9.82. The summed E-state index contributed by atoms with van der Waals surface area (Å²) >= 11 is 0. The Hall–Kier alpha value is -6.48. The van der Waals surface area contributed by atoms with E-state index in [1.165, 1.54) is 14.2 Å². The highest BCUT2D eigenvalue weighted by molar-refractivity contribution is 6.06. The Balaban J connectivity index is 0.920. The lowest BCUT2D eigenvalue weighted by molar-refractivity contribution is -0.137. The van der Waals surface area contributed by atoms with Crippen LogP contribution >= 0.6 is 0 Å². The Morgan fingerprint density at radius 1 is 0.714 bits per heavy atom. The molecule has 4 atom stereocenters. The van der Waals surface area contributed by atoms with Gasteiger partial charge >= 0.3 is 12.2 Å². The fourth-order valence-electron chi connectivity index (χ4n) is 9.71. The van der Waals surface area contributed by atoms with Crippen molar-refractivity contribution >= 4 is 56.6 Å². The number of carbonyl (C=O) groups is 4. The molecule has 3 saturated heterocycles. The first kappa shape index (κ1) is 41.9. The largest absolute Gasteiger partial charge is 0.453 e. The Morgan fingerprint density at radius 3 is 2.02 bits per heavy atom. The lowest BCUT2D eigenvalue weighted by Gasteiger charge is -2.34. The Labute approximate surface area is 365 Å². The quantitative estimate of drug-likeness (QED) is 0.107. The summed E-state index contributed by atoms with van der Waals surface area (Å²) in [4.78, 5) is 72.7. The summed E-state index contributed by atoms with van der Waals surface area (Å²) in [6.07, 6.45) is 5.22. The lowest BCUT2D eigenvalue weighted by Crippen LogP contribution is -2.53. The fourth-order valence-corrected chi connectivity index (χ4v) is 9.71. The lowest BCUT2D eigenvalue weighted by atomic mass is 9.90. The molecule has 4 aromatic carbocycles. The van der Waals surface area contributed by atoms with Crippen molar-refractivity contribution in [1.82, 2.24) is 40.4 Å². The number of rotatable bonds is 10. The molecule has 0 radical (unpaired) electrons. The highest BCUT2D eigenvalue weighted by atomic mass is 16.5. The van der Waals surface area contributed by atoms with Gasteiger partial charge in [0.2, 0.25) is 11.8 Å². The Morgan fingerprint density at radius 2 is 1.32 bits per heavy atom. The van der Waals surface area contributed by atoms with Gasteiger partial charge in [-0.05, 0) is 102 Å². The number of alkyl carbamates (subject to hydrolysis) is 2. The van der Waals surface area contributed by atoms with Crippen LogP contribution in [0.5, 0.6) is 0 Å². The van der Waals surface area contributed by atoms with Gasteiger partial charge in [0.25, 0.3) is 0 Å². The molecule has 9 rings (SSSR count). The molecule has 0 saturated carbocycles. The minimum atomic E-state index is -0.692. The van der Waals surface area contributed by atoms with Crippen LogP contribution in [0.3, 0.4) is 0 Å². The van der Waals surface area contributed by atoms with Gasteiger partial charge in [-0.1, -0.05) is 56.3 Å². The number of methoxy groups -OCH3 is 2. The standard InChI is InChI=1S/C48H54N8O7/c1-27(2)40(53-47(59)61-3)45(57)55-19-5-7-38(55)43-49-26-37(51-43)34-12-11-30-23-29(9-10-31(30)25-34)32-13-15-35-33(24-32)14-16-36-42(35)52-44(50-36)39-8-6-20-56(39)46(58)41(54-48(60)62-4)28-17-21-63-22-18-28/h9-16,23-28,38-41H,5-8,17-22H2,1-4H3,(H,49,51)(H,50,52)(H,53,59)(H,54,60). The third kappa shape index (κ3) is 8.29. The molecule has 4 N–H and O–H groups in total. The number of H-pyrrole nitrogens is 2. The summed E-state index contributed by atoms with van der Waals surface area (Å²) < 4.78 is 15.2. The summed E-state index contributed by atoms with van der Waals surface area (Å²) in [5.74, 6) is 1.09. The second-order valence-electron chi connectivity index (χ2n) is 17.3. The van der Waals surface area contributed by atoms with Crippen LogP contribution in [0.25, 0.3) is 55.0 Å². The number of hydrogen-bond acceptors (Lipinski definition) is 9. The molecule has 3 aliphatic rings. The molecule has 0 bridgehead atoms. The topological polar surface area (TPSA) is 184 Å². The van der Waals surface area contributed by atoms with Crippen LogP contribution in [-0.4, -0.2) is 106 Å². The van der Waals surface area contributed by atoms with Crippen molar-refractivity contribution in [1.29, 1.82) is 0 Å². The summed E-state index contributed by atoms with van der Waals surface area (Å²) in [6, 6.07) is 21.6. The first-order valence-corrected chi connectivity index (χ1v) is 22.0. The predicted molar refractivity (Wildman–Crippen MR) is 239 cm³/mol. The number of likely N-dealkylation sites (tertiary alicyclic amines) is 2. The van der Waals surface area contributed by atoms with Crippen LogP contribution in [0.1, 0.15) is 76.1 Å². The molecule has 4 amide bonds. The maximum Gasteiger partial charge on any atom is 0.407 e. The first-order chi connectivity index (χ1) is 30.6. The smallest absolute Gasteiger partial charge is 0.407 e. The maximum absolute atomic E-state index is 14.1. The Kier molecular flexibility index (Phi) is 11.8. The monoisotopic (exact) mass is 854 g/mol. The van der Waals surface area contributed by atoms with Crippen LogP contribution in [0.4, 0.5) is 9.59 Å². The minimum Gasteiger partial charge on any atom is -0.453 e. The number of benzene rings is 4. The number of fused-ring (bicyclic) bond motifs is 4. The number of aromatic nitrogens is 4. The maximum atomic E-state index is 14.1. The van der Waals surface area contributed by atoms with Crippen molar-refractivity contribution in [2.24, 2.45) is 11.8 Å². The average molecular weight is 855 g/mol. The molecule has 5 heterocycles. The van der Waals surface area contributed by atoms with Crippen molar-refractivity contribution < 1.29 is 33.4 Å². The summed E-state index contributed by atoms with van der Waals surface area (Å²) in [6.45, 7) is 6.11. The molecule has 3 aliphatic heterocycles. The molecule has 63 heavy (non-hydrogen) atoms. The molecule has 6 aromatic rings. The highest BCUT2D eigenvalue weighted by Gasteiger charge is 2.41. The van der Waals surface area contributed by atoms with Crippen LogP contribution in [0.2, 0.25) is 0 Å². The van der Waals surface area contributed by atoms with Gasteiger partial charge in [-0.15, -0.1) is 0 Å². The van der Waals surface area contributed by atoms with Gasteiger partial charge in [-0.2, -0.15) is 0 Å². The van der Waals surface area contributed by atoms with Gasteiger partial charge in [0, 0.05) is 37.3 Å². The van der Waals surface area contributed by atoms with E-state index < -0.39 is 24.3 Å². The highest BCUT2D eigenvalue weighted by Crippen LogP contribution is 2.37. The van der Waals surface area contributed by atoms with Crippen molar-refractivity contribution in [2.75, 3.05) is 40.5 Å². The molecule has 328 valence electrons. The third-order valence-corrected chi connectivity index (χ3v) is 13.1. The van der Waals surface area contributed by atoms with E-state index in [0.29, 0.717) is 39.1 Å². The zero-order valence-electron chi connectivity index (χ0n) is 36.1. The van der Waals surface area contributed by atoms with Crippen LogP contribution in [0, 0.1) is 11.8 Å². The molecule has 3 fully saturated rings. The van der Waals surface area contributed by atoms with Crippen LogP contribution in [0.15, 0.2) is 72.9 Å². The zero-order chi connectivity index (χ0) is 43.8. The minimum absolute atomic E-state index is 0.0328. The van der Waals surface area contributed by atoms with Crippen molar-refractivity contribution in [3.8, 4) is 22.4 Å². The Bertz CT molecular complexity index is 2690. The number of hydrogen-bond donors (Lipinski definition) is 4. The second kappa shape index (κ2) is 17.7. The molecule has 0 spiro atoms. The third-order valence-electron chi connectivity index (χ3n) is 13.1. The van der Waals surface area contributed by atoms with Gasteiger partial charge < -0.3 is 44.6 Å². The van der Waals surface area contributed by atoms with Crippen LogP contribution < -0.4 is 10.6 Å². The normalized spacial score (nSPS) is 19.2. The van der Waals surface area contributed by atoms with E-state index >= 15 is 0 Å². The molecule has 4 unspecified atom stereocenters. The number of ether oxygens (including phenoxy) is 3. The van der Waals surface area contributed by atoms with E-state index in [0.717, 1.165) is 92.3 Å². The van der Waals surface area contributed by atoms with Gasteiger partial charge in [0.1, 0.15) is 23.7 Å². The van der Waals surface area contributed by atoms with E-state index in [1.54, 1.807) is 0 Å². The number of imidazole rings is 2. The molecule has 0 aliphatic carbocycles. The fraction of sp³-hybridized carbons (Fsp3) is 0.417. The number of aromatic amines is 2.